The van der Waals surface area contributed by atoms with E-state index in [0.717, 1.165) is 11.4 Å². The fourth-order valence-electron chi connectivity index (χ4n) is 4.84. The Hall–Kier alpha value is -4.10. The van der Waals surface area contributed by atoms with Crippen LogP contribution in [0.5, 0.6) is 0 Å². The van der Waals surface area contributed by atoms with Gasteiger partial charge in [0.2, 0.25) is 0 Å². The van der Waals surface area contributed by atoms with E-state index in [1.807, 2.05) is 0 Å². The van der Waals surface area contributed by atoms with Gasteiger partial charge < -0.3 is 4.90 Å². The van der Waals surface area contributed by atoms with E-state index in [4.69, 9.17) is 0 Å². The lowest BCUT2D eigenvalue weighted by Crippen LogP contribution is -2.13. The fraction of sp³-hybridized carbons (Fsp3) is 0.0909. The van der Waals surface area contributed by atoms with Crippen LogP contribution in [0.1, 0.15) is 16.7 Å². The minimum Gasteiger partial charge on any atom is -0.310 e. The first-order chi connectivity index (χ1) is 16.6. The third-order valence-corrected chi connectivity index (χ3v) is 6.28. The Balaban J connectivity index is 1.71. The summed E-state index contributed by atoms with van der Waals surface area (Å²) >= 11 is 0. The summed E-state index contributed by atoms with van der Waals surface area (Å²) in [6.45, 7) is 6.59. The van der Waals surface area contributed by atoms with Gasteiger partial charge in [-0.05, 0) is 78.4 Å². The molecular weight excluding hydrogens is 410 g/mol. The first-order valence-electron chi connectivity index (χ1n) is 11.8. The predicted molar refractivity (Wildman–Crippen MR) is 146 cm³/mol. The van der Waals surface area contributed by atoms with Crippen molar-refractivity contribution < 1.29 is 0 Å². The largest absolute Gasteiger partial charge is 0.310 e. The van der Waals surface area contributed by atoms with Crippen molar-refractivity contribution >= 4 is 17.1 Å². The number of aryl methyl sites for hydroxylation is 3. The molecule has 0 bridgehead atoms. The van der Waals surface area contributed by atoms with Gasteiger partial charge >= 0.3 is 0 Å². The Morgan fingerprint density at radius 2 is 0.824 bits per heavy atom. The summed E-state index contributed by atoms with van der Waals surface area (Å²) in [6, 6.07) is 43.4. The zero-order valence-electron chi connectivity index (χ0n) is 20.0. The highest BCUT2D eigenvalue weighted by molar-refractivity contribution is 5.84. The summed E-state index contributed by atoms with van der Waals surface area (Å²) in [4.78, 5) is 2.41. The maximum absolute atomic E-state index is 2.41. The Labute approximate surface area is 203 Å². The van der Waals surface area contributed by atoms with Crippen LogP contribution in [-0.2, 0) is 0 Å². The fourth-order valence-corrected chi connectivity index (χ4v) is 4.84. The molecule has 0 aliphatic rings. The molecule has 166 valence electrons. The minimum absolute atomic E-state index is 1.15. The number of benzene rings is 5. The molecule has 0 radical (unpaired) electrons. The van der Waals surface area contributed by atoms with Gasteiger partial charge in [0.05, 0.1) is 5.69 Å². The van der Waals surface area contributed by atoms with Crippen LogP contribution in [0.2, 0.25) is 0 Å². The van der Waals surface area contributed by atoms with E-state index < -0.39 is 0 Å². The lowest BCUT2D eigenvalue weighted by molar-refractivity contribution is 1.20. The van der Waals surface area contributed by atoms with E-state index in [0.29, 0.717) is 0 Å². The van der Waals surface area contributed by atoms with Crippen LogP contribution >= 0.6 is 0 Å². The molecule has 5 aromatic rings. The van der Waals surface area contributed by atoms with Crippen molar-refractivity contribution in [1.29, 1.82) is 0 Å². The third kappa shape index (κ3) is 4.38. The zero-order chi connectivity index (χ0) is 23.5. The van der Waals surface area contributed by atoms with Gasteiger partial charge in [0.1, 0.15) is 0 Å². The van der Waals surface area contributed by atoms with Crippen molar-refractivity contribution in [2.75, 3.05) is 4.90 Å². The smallest absolute Gasteiger partial charge is 0.0520 e. The SMILES string of the molecule is Cc1cc(C)c(N(c2cccc(-c3ccccc3)c2)c2cccc(-c3ccccc3)c2)c(C)c1. The molecule has 0 amide bonds. The second-order valence-corrected chi connectivity index (χ2v) is 8.92. The summed E-state index contributed by atoms with van der Waals surface area (Å²) in [6.07, 6.45) is 0. The number of anilines is 3. The zero-order valence-corrected chi connectivity index (χ0v) is 20.0. The molecule has 5 aromatic carbocycles. The van der Waals surface area contributed by atoms with Crippen molar-refractivity contribution in [3.63, 3.8) is 0 Å². The monoisotopic (exact) mass is 439 g/mol. The molecule has 0 fully saturated rings. The van der Waals surface area contributed by atoms with Gasteiger partial charge in [0.15, 0.2) is 0 Å². The molecule has 1 nitrogen and oxygen atoms in total. The maximum Gasteiger partial charge on any atom is 0.0520 e. The average Bonchev–Trinajstić information content (AvgIpc) is 2.87. The summed E-state index contributed by atoms with van der Waals surface area (Å²) in [7, 11) is 0. The van der Waals surface area contributed by atoms with Gasteiger partial charge in [0, 0.05) is 11.4 Å². The average molecular weight is 440 g/mol. The van der Waals surface area contributed by atoms with Gasteiger partial charge in [-0.1, -0.05) is 103 Å². The molecule has 0 saturated heterocycles. The first kappa shape index (κ1) is 21.7. The van der Waals surface area contributed by atoms with Gasteiger partial charge in [-0.3, -0.25) is 0 Å². The van der Waals surface area contributed by atoms with E-state index in [2.05, 4.69) is 147 Å². The highest BCUT2D eigenvalue weighted by Crippen LogP contribution is 2.41. The van der Waals surface area contributed by atoms with Gasteiger partial charge in [0.25, 0.3) is 0 Å². The van der Waals surface area contributed by atoms with Gasteiger partial charge in [-0.15, -0.1) is 0 Å². The molecule has 0 heterocycles. The maximum atomic E-state index is 2.41. The third-order valence-electron chi connectivity index (χ3n) is 6.28. The standard InChI is InChI=1S/C33H29N/c1-24-20-25(2)33(26(3)21-24)34(31-18-10-16-29(22-31)27-12-6-4-7-13-27)32-19-11-17-30(23-32)28-14-8-5-9-15-28/h4-23H,1-3H3. The second kappa shape index (κ2) is 9.41. The van der Waals surface area contributed by atoms with Crippen molar-refractivity contribution in [2.45, 2.75) is 20.8 Å². The topological polar surface area (TPSA) is 3.24 Å². The minimum atomic E-state index is 1.15. The van der Waals surface area contributed by atoms with E-state index in [1.54, 1.807) is 0 Å². The molecule has 34 heavy (non-hydrogen) atoms. The lowest BCUT2D eigenvalue weighted by Gasteiger charge is -2.30. The van der Waals surface area contributed by atoms with Crippen LogP contribution in [0.15, 0.2) is 121 Å². The molecule has 0 unspecified atom stereocenters. The predicted octanol–water partition coefficient (Wildman–Crippen LogP) is 9.42. The van der Waals surface area contributed by atoms with Crippen LogP contribution in [-0.4, -0.2) is 0 Å². The van der Waals surface area contributed by atoms with Gasteiger partial charge in [-0.2, -0.15) is 0 Å². The molecule has 0 saturated carbocycles. The molecule has 0 atom stereocenters. The molecule has 0 aliphatic carbocycles. The van der Waals surface area contributed by atoms with E-state index in [-0.39, 0.29) is 0 Å². The summed E-state index contributed by atoms with van der Waals surface area (Å²) in [5, 5.41) is 0. The quantitative estimate of drug-likeness (QED) is 0.263. The van der Waals surface area contributed by atoms with E-state index >= 15 is 0 Å². The molecule has 0 aromatic heterocycles. The summed E-state index contributed by atoms with van der Waals surface area (Å²) < 4.78 is 0. The Kier molecular flexibility index (Phi) is 6.01. The van der Waals surface area contributed by atoms with Crippen LogP contribution < -0.4 is 4.90 Å². The molecular formula is C33H29N. The Bertz CT molecular complexity index is 1310. The number of hydrogen-bond acceptors (Lipinski definition) is 1. The first-order valence-corrected chi connectivity index (χ1v) is 11.8. The normalized spacial score (nSPS) is 10.8. The second-order valence-electron chi connectivity index (χ2n) is 8.92. The lowest BCUT2D eigenvalue weighted by atomic mass is 9.99. The van der Waals surface area contributed by atoms with Crippen LogP contribution in [0.4, 0.5) is 17.1 Å². The molecule has 0 spiro atoms. The highest BCUT2D eigenvalue weighted by atomic mass is 15.1. The van der Waals surface area contributed by atoms with E-state index in [9.17, 15) is 0 Å². The van der Waals surface area contributed by atoms with Crippen LogP contribution in [0, 0.1) is 20.8 Å². The van der Waals surface area contributed by atoms with Crippen molar-refractivity contribution in [2.24, 2.45) is 0 Å². The molecule has 0 aliphatic heterocycles. The van der Waals surface area contributed by atoms with Crippen LogP contribution in [0.25, 0.3) is 22.3 Å². The Morgan fingerprint density at radius 1 is 0.412 bits per heavy atom. The molecule has 5 rings (SSSR count). The van der Waals surface area contributed by atoms with Crippen molar-refractivity contribution in [1.82, 2.24) is 0 Å². The van der Waals surface area contributed by atoms with Crippen molar-refractivity contribution in [3.8, 4) is 22.3 Å². The molecule has 0 N–H and O–H groups in total. The van der Waals surface area contributed by atoms with Crippen molar-refractivity contribution in [3.05, 3.63) is 138 Å². The summed E-state index contributed by atoms with van der Waals surface area (Å²) in [5.74, 6) is 0. The molecule has 1 heteroatoms. The number of nitrogens with zero attached hydrogens (tertiary/aromatic N) is 1. The summed E-state index contributed by atoms with van der Waals surface area (Å²) in [5.41, 5.74) is 12.2. The Morgan fingerprint density at radius 3 is 1.26 bits per heavy atom. The van der Waals surface area contributed by atoms with Crippen LogP contribution in [0.3, 0.4) is 0 Å². The van der Waals surface area contributed by atoms with Gasteiger partial charge in [-0.25, -0.2) is 0 Å². The van der Waals surface area contributed by atoms with E-state index in [1.165, 1.54) is 44.6 Å². The number of rotatable bonds is 5. The highest BCUT2D eigenvalue weighted by Gasteiger charge is 2.18. The number of hydrogen-bond donors (Lipinski definition) is 0.